The number of hydrogen-bond acceptors (Lipinski definition) is 3. The molecule has 2 aromatic rings. The van der Waals surface area contributed by atoms with Gasteiger partial charge in [0.15, 0.2) is 0 Å². The van der Waals surface area contributed by atoms with Gasteiger partial charge in [-0.25, -0.2) is 4.79 Å². The molecule has 126 valence electrons. The fourth-order valence-corrected chi connectivity index (χ4v) is 4.00. The van der Waals surface area contributed by atoms with Gasteiger partial charge in [0.05, 0.1) is 6.26 Å². The molecular weight excluding hydrogens is 316 g/mol. The van der Waals surface area contributed by atoms with Crippen LogP contribution in [0.15, 0.2) is 45.8 Å². The first kappa shape index (κ1) is 16.8. The Hall–Kier alpha value is -2.07. The Labute approximate surface area is 144 Å². The summed E-state index contributed by atoms with van der Waals surface area (Å²) in [6.07, 6.45) is 6.05. The molecule has 1 aromatic heterocycles. The second-order valence-electron chi connectivity index (χ2n) is 7.31. The molecule has 24 heavy (non-hydrogen) atoms. The fraction of sp³-hybridized carbons (Fsp3) is 0.350. The van der Waals surface area contributed by atoms with Crippen molar-refractivity contribution in [2.45, 2.75) is 45.8 Å². The van der Waals surface area contributed by atoms with Crippen LogP contribution in [-0.2, 0) is 23.7 Å². The van der Waals surface area contributed by atoms with E-state index in [0.29, 0.717) is 6.42 Å². The number of rotatable bonds is 5. The highest BCUT2D eigenvalue weighted by Crippen LogP contribution is 2.35. The molecule has 0 atom stereocenters. The number of benzene rings is 1. The minimum Gasteiger partial charge on any atom is -0.544 e. The molecule has 0 N–H and O–H groups in total. The van der Waals surface area contributed by atoms with Crippen molar-refractivity contribution in [2.75, 3.05) is 0 Å². The average Bonchev–Trinajstić information content (AvgIpc) is 2.91. The molecule has 0 bridgehead atoms. The van der Waals surface area contributed by atoms with E-state index in [1.807, 2.05) is 6.07 Å². The van der Waals surface area contributed by atoms with Crippen LogP contribution in [-0.4, -0.2) is 8.32 Å². The van der Waals surface area contributed by atoms with Crippen molar-refractivity contribution in [1.82, 2.24) is 0 Å². The van der Waals surface area contributed by atoms with E-state index >= 15 is 0 Å². The van der Waals surface area contributed by atoms with Gasteiger partial charge in [-0.1, -0.05) is 12.1 Å². The molecular formula is C20H24O3Si. The molecule has 3 nitrogen and oxygen atoms in total. The van der Waals surface area contributed by atoms with Gasteiger partial charge in [-0.3, -0.25) is 0 Å². The predicted octanol–water partition coefficient (Wildman–Crippen LogP) is 4.48. The molecule has 0 aliphatic heterocycles. The Bertz CT molecular complexity index is 841. The third-order valence-electron chi connectivity index (χ3n) is 4.26. The fourth-order valence-electron chi connectivity index (χ4n) is 3.15. The Morgan fingerprint density at radius 2 is 1.88 bits per heavy atom. The van der Waals surface area contributed by atoms with E-state index < -0.39 is 8.32 Å². The number of fused-ring (bicyclic) bond motifs is 1. The van der Waals surface area contributed by atoms with E-state index in [0.717, 1.165) is 24.2 Å². The van der Waals surface area contributed by atoms with Crippen molar-refractivity contribution in [3.05, 3.63) is 74.8 Å². The summed E-state index contributed by atoms with van der Waals surface area (Å²) in [5, 5.41) is 0. The molecule has 0 amide bonds. The van der Waals surface area contributed by atoms with E-state index in [9.17, 15) is 4.79 Å². The maximum absolute atomic E-state index is 11.8. The van der Waals surface area contributed by atoms with Gasteiger partial charge in [0.2, 0.25) is 8.32 Å². The zero-order valence-electron chi connectivity index (χ0n) is 14.8. The van der Waals surface area contributed by atoms with Crippen molar-refractivity contribution in [3.63, 3.8) is 0 Å². The molecule has 0 unspecified atom stereocenters. The normalized spacial score (nSPS) is 13.6. The quantitative estimate of drug-likeness (QED) is 0.753. The topological polar surface area (TPSA) is 39.4 Å². The predicted molar refractivity (Wildman–Crippen MR) is 99.7 cm³/mol. The highest BCUT2D eigenvalue weighted by Gasteiger charge is 2.26. The smallest absolute Gasteiger partial charge is 0.338 e. The summed E-state index contributed by atoms with van der Waals surface area (Å²) in [7, 11) is -1.66. The minimum atomic E-state index is -1.66. The van der Waals surface area contributed by atoms with Gasteiger partial charge < -0.3 is 8.84 Å². The lowest BCUT2D eigenvalue weighted by Gasteiger charge is -2.23. The van der Waals surface area contributed by atoms with Crippen LogP contribution >= 0.6 is 0 Å². The summed E-state index contributed by atoms with van der Waals surface area (Å²) >= 11 is 0. The Kier molecular flexibility index (Phi) is 4.50. The highest BCUT2D eigenvalue weighted by atomic mass is 28.4. The highest BCUT2D eigenvalue weighted by molar-refractivity contribution is 6.70. The van der Waals surface area contributed by atoms with Crippen molar-refractivity contribution in [1.29, 1.82) is 0 Å². The average molecular weight is 340 g/mol. The van der Waals surface area contributed by atoms with Crippen LogP contribution in [0.1, 0.15) is 27.8 Å². The zero-order valence-corrected chi connectivity index (χ0v) is 15.8. The van der Waals surface area contributed by atoms with Gasteiger partial charge in [0, 0.05) is 11.1 Å². The van der Waals surface area contributed by atoms with Crippen LogP contribution in [0, 0.1) is 6.92 Å². The van der Waals surface area contributed by atoms with Gasteiger partial charge >= 0.3 is 5.63 Å². The monoisotopic (exact) mass is 340 g/mol. The summed E-state index contributed by atoms with van der Waals surface area (Å²) in [6, 6.07) is 7.96. The van der Waals surface area contributed by atoms with Crippen LogP contribution < -0.4 is 5.63 Å². The SMILES string of the molecule is Cc1ccc(CCc2cccoc2=O)c2c1CC=C2O[Si](C)(C)C. The van der Waals surface area contributed by atoms with Crippen LogP contribution in [0.25, 0.3) is 5.76 Å². The third kappa shape index (κ3) is 3.54. The molecule has 0 fully saturated rings. The Morgan fingerprint density at radius 3 is 2.58 bits per heavy atom. The molecule has 4 heteroatoms. The largest absolute Gasteiger partial charge is 0.544 e. The number of allylic oxidation sites excluding steroid dienone is 1. The first-order valence-electron chi connectivity index (χ1n) is 8.43. The van der Waals surface area contributed by atoms with Crippen molar-refractivity contribution >= 4 is 14.1 Å². The van der Waals surface area contributed by atoms with Crippen molar-refractivity contribution in [2.24, 2.45) is 0 Å². The van der Waals surface area contributed by atoms with Crippen LogP contribution in [0.2, 0.25) is 19.6 Å². The van der Waals surface area contributed by atoms with Gasteiger partial charge in [-0.05, 0) is 80.7 Å². The summed E-state index contributed by atoms with van der Waals surface area (Å²) < 4.78 is 11.3. The first-order chi connectivity index (χ1) is 11.3. The molecule has 0 saturated heterocycles. The molecule has 1 aliphatic carbocycles. The van der Waals surface area contributed by atoms with Gasteiger partial charge in [0.1, 0.15) is 5.76 Å². The lowest BCUT2D eigenvalue weighted by Crippen LogP contribution is -2.24. The van der Waals surface area contributed by atoms with Gasteiger partial charge in [-0.15, -0.1) is 0 Å². The summed E-state index contributed by atoms with van der Waals surface area (Å²) in [6.45, 7) is 8.77. The van der Waals surface area contributed by atoms with Crippen LogP contribution in [0.4, 0.5) is 0 Å². The van der Waals surface area contributed by atoms with E-state index in [4.69, 9.17) is 8.84 Å². The zero-order chi connectivity index (χ0) is 17.3. The molecule has 1 aromatic carbocycles. The Morgan fingerprint density at radius 1 is 1.12 bits per heavy atom. The number of hydrogen-bond donors (Lipinski definition) is 0. The molecule has 0 spiro atoms. The second-order valence-corrected chi connectivity index (χ2v) is 11.7. The Balaban J connectivity index is 1.90. The molecule has 1 aliphatic rings. The standard InChI is InChI=1S/C20H24O3Si/c1-14-7-8-15(9-10-16-6-5-13-22-20(16)21)19-17(14)11-12-18(19)23-24(2,3)4/h5-8,12-13H,9-11H2,1-4H3. The van der Waals surface area contributed by atoms with Crippen LogP contribution in [0.5, 0.6) is 0 Å². The van der Waals surface area contributed by atoms with E-state index in [1.54, 1.807) is 6.07 Å². The summed E-state index contributed by atoms with van der Waals surface area (Å²) in [4.78, 5) is 11.8. The van der Waals surface area contributed by atoms with Crippen LogP contribution in [0.3, 0.4) is 0 Å². The second kappa shape index (κ2) is 6.44. The first-order valence-corrected chi connectivity index (χ1v) is 11.8. The summed E-state index contributed by atoms with van der Waals surface area (Å²) in [5.41, 5.74) is 5.65. The lowest BCUT2D eigenvalue weighted by atomic mass is 9.94. The van der Waals surface area contributed by atoms with E-state index in [1.165, 1.54) is 28.5 Å². The minimum absolute atomic E-state index is 0.240. The summed E-state index contributed by atoms with van der Waals surface area (Å²) in [5.74, 6) is 1.03. The maximum Gasteiger partial charge on any atom is 0.338 e. The van der Waals surface area contributed by atoms with Crippen molar-refractivity contribution < 1.29 is 8.84 Å². The van der Waals surface area contributed by atoms with Gasteiger partial charge in [-0.2, -0.15) is 0 Å². The molecule has 3 rings (SSSR count). The van der Waals surface area contributed by atoms with Crippen molar-refractivity contribution in [3.8, 4) is 0 Å². The molecule has 1 heterocycles. The molecule has 0 radical (unpaired) electrons. The third-order valence-corrected chi connectivity index (χ3v) is 5.10. The number of aryl methyl sites for hydroxylation is 3. The molecule has 0 saturated carbocycles. The van der Waals surface area contributed by atoms with E-state index in [-0.39, 0.29) is 5.63 Å². The maximum atomic E-state index is 11.8. The van der Waals surface area contributed by atoms with E-state index in [2.05, 4.69) is 44.8 Å². The lowest BCUT2D eigenvalue weighted by molar-refractivity contribution is 0.501. The van der Waals surface area contributed by atoms with Gasteiger partial charge in [0.25, 0.3) is 0 Å².